The van der Waals surface area contributed by atoms with Crippen LogP contribution < -0.4 is 5.32 Å². The summed E-state index contributed by atoms with van der Waals surface area (Å²) in [6.45, 7) is 3.53. The van der Waals surface area contributed by atoms with Gasteiger partial charge in [-0.15, -0.1) is 6.42 Å². The van der Waals surface area contributed by atoms with E-state index in [1.54, 1.807) is 35.2 Å². The van der Waals surface area contributed by atoms with Crippen LogP contribution in [0.1, 0.15) is 57.3 Å². The smallest absolute Gasteiger partial charge is 0.338 e. The average molecular weight is 552 g/mol. The first-order valence-corrected chi connectivity index (χ1v) is 13.5. The summed E-state index contributed by atoms with van der Waals surface area (Å²) in [7, 11) is 0. The largest absolute Gasteiger partial charge is 0.458 e. The van der Waals surface area contributed by atoms with Gasteiger partial charge < -0.3 is 19.5 Å². The first-order chi connectivity index (χ1) is 19.8. The first-order valence-electron chi connectivity index (χ1n) is 13.5. The van der Waals surface area contributed by atoms with Gasteiger partial charge in [0.1, 0.15) is 19.2 Å². The molecule has 0 bridgehead atoms. The molecule has 4 aromatic rings. The highest BCUT2D eigenvalue weighted by atomic mass is 16.6. The Kier molecular flexibility index (Phi) is 6.89. The van der Waals surface area contributed by atoms with E-state index in [2.05, 4.69) is 26.2 Å². The van der Waals surface area contributed by atoms with Crippen LogP contribution in [0.15, 0.2) is 61.2 Å². The number of benzene rings is 2. The lowest BCUT2D eigenvalue weighted by Gasteiger charge is -2.28. The number of nitrogens with zero attached hydrogens (tertiary/aromatic N) is 4. The van der Waals surface area contributed by atoms with Gasteiger partial charge in [-0.05, 0) is 51.0 Å². The number of nitrogens with one attached hydrogen (secondary N) is 1. The average Bonchev–Trinajstić information content (AvgIpc) is 3.57. The van der Waals surface area contributed by atoms with Crippen LogP contribution in [0, 0.1) is 26.2 Å². The molecular formula is C31H29N5O5. The van der Waals surface area contributed by atoms with Gasteiger partial charge in [0.15, 0.2) is 23.1 Å². The lowest BCUT2D eigenvalue weighted by atomic mass is 9.98. The molecule has 10 nitrogen and oxygen atoms in total. The summed E-state index contributed by atoms with van der Waals surface area (Å²) in [6, 6.07) is 14.4. The number of rotatable bonds is 8. The van der Waals surface area contributed by atoms with Crippen LogP contribution in [0.3, 0.4) is 0 Å². The Morgan fingerprint density at radius 3 is 2.32 bits per heavy atom. The van der Waals surface area contributed by atoms with Crippen molar-refractivity contribution < 1.29 is 23.8 Å². The van der Waals surface area contributed by atoms with E-state index in [-0.39, 0.29) is 13.0 Å². The summed E-state index contributed by atoms with van der Waals surface area (Å²) >= 11 is 0. The summed E-state index contributed by atoms with van der Waals surface area (Å²) in [5.41, 5.74) is 2.36. The molecule has 1 saturated heterocycles. The van der Waals surface area contributed by atoms with Gasteiger partial charge in [0.25, 0.3) is 0 Å². The summed E-state index contributed by atoms with van der Waals surface area (Å²) in [5, 5.41) is 3.37. The number of ether oxygens (including phenoxy) is 3. The van der Waals surface area contributed by atoms with Gasteiger partial charge in [0, 0.05) is 12.5 Å². The molecule has 208 valence electrons. The highest BCUT2D eigenvalue weighted by molar-refractivity contribution is 5.90. The highest BCUT2D eigenvalue weighted by Crippen LogP contribution is 2.41. The van der Waals surface area contributed by atoms with Crippen LogP contribution in [-0.4, -0.2) is 55.8 Å². The third-order valence-electron chi connectivity index (χ3n) is 7.36. The molecule has 0 amide bonds. The molecule has 0 radical (unpaired) electrons. The number of carbonyl (C=O) groups is 2. The molecule has 0 spiro atoms. The Labute approximate surface area is 237 Å². The SMILES string of the molecule is C#CC1(COC(=O)c2ccc(C)cc2)OC(n2cnc3c(NC4CC4)ncnc32)CC1OC(=O)c1ccc(C)cc1. The van der Waals surface area contributed by atoms with Gasteiger partial charge in [0.05, 0.1) is 17.5 Å². The molecule has 3 atom stereocenters. The lowest BCUT2D eigenvalue weighted by molar-refractivity contribution is -0.0967. The van der Waals surface area contributed by atoms with E-state index in [1.165, 1.54) is 6.33 Å². The number of carbonyl (C=O) groups excluding carboxylic acids is 2. The summed E-state index contributed by atoms with van der Waals surface area (Å²) in [5.74, 6) is 2.16. The van der Waals surface area contributed by atoms with Crippen molar-refractivity contribution >= 4 is 28.9 Å². The first kappa shape index (κ1) is 26.5. The van der Waals surface area contributed by atoms with Gasteiger partial charge in [-0.1, -0.05) is 41.3 Å². The number of terminal acetylenes is 1. The van der Waals surface area contributed by atoms with Crippen molar-refractivity contribution in [2.75, 3.05) is 11.9 Å². The minimum atomic E-state index is -1.55. The molecule has 10 heteroatoms. The predicted octanol–water partition coefficient (Wildman–Crippen LogP) is 4.39. The molecule has 6 rings (SSSR count). The van der Waals surface area contributed by atoms with Crippen LogP contribution >= 0.6 is 0 Å². The molecule has 2 aliphatic rings. The Morgan fingerprint density at radius 1 is 1.02 bits per heavy atom. The van der Waals surface area contributed by atoms with Crippen molar-refractivity contribution in [2.24, 2.45) is 0 Å². The number of fused-ring (bicyclic) bond motifs is 1. The topological polar surface area (TPSA) is 117 Å². The lowest BCUT2D eigenvalue weighted by Crippen LogP contribution is -2.45. The third-order valence-corrected chi connectivity index (χ3v) is 7.36. The summed E-state index contributed by atoms with van der Waals surface area (Å²) in [6.07, 6.45) is 9.82. The zero-order chi connectivity index (χ0) is 28.6. The normalized spacial score (nSPS) is 21.8. The van der Waals surface area contributed by atoms with Gasteiger partial charge in [-0.3, -0.25) is 4.57 Å². The number of esters is 2. The molecule has 1 saturated carbocycles. The zero-order valence-corrected chi connectivity index (χ0v) is 22.7. The molecule has 2 aromatic carbocycles. The number of aryl methyl sites for hydroxylation is 2. The van der Waals surface area contributed by atoms with Gasteiger partial charge in [-0.25, -0.2) is 24.5 Å². The fourth-order valence-corrected chi connectivity index (χ4v) is 4.77. The van der Waals surface area contributed by atoms with Gasteiger partial charge in [-0.2, -0.15) is 0 Å². The Morgan fingerprint density at radius 2 is 1.68 bits per heavy atom. The standard InChI is InChI=1S/C31H29N5O5/c1-4-31(16-39-29(37)21-9-5-19(2)6-10-21)24(40-30(38)22-11-7-20(3)8-12-22)15-25(41-31)36-18-34-26-27(35-23-13-14-23)32-17-33-28(26)36/h1,5-12,17-18,23-25H,13-16H2,2-3H3,(H,32,33,35). The van der Waals surface area contributed by atoms with E-state index in [9.17, 15) is 9.59 Å². The second-order valence-corrected chi connectivity index (χ2v) is 10.5. The van der Waals surface area contributed by atoms with E-state index < -0.39 is 29.9 Å². The summed E-state index contributed by atoms with van der Waals surface area (Å²) in [4.78, 5) is 39.4. The molecule has 3 unspecified atom stereocenters. The maximum atomic E-state index is 13.2. The minimum Gasteiger partial charge on any atom is -0.458 e. The molecule has 3 heterocycles. The number of hydrogen-bond donors (Lipinski definition) is 1. The van der Waals surface area contributed by atoms with Crippen LogP contribution in [0.5, 0.6) is 0 Å². The van der Waals surface area contributed by atoms with Crippen molar-refractivity contribution in [3.63, 3.8) is 0 Å². The minimum absolute atomic E-state index is 0.185. The van der Waals surface area contributed by atoms with E-state index in [1.807, 2.05) is 38.1 Å². The van der Waals surface area contributed by atoms with E-state index in [4.69, 9.17) is 20.6 Å². The highest BCUT2D eigenvalue weighted by Gasteiger charge is 2.52. The second kappa shape index (κ2) is 10.7. The number of hydrogen-bond acceptors (Lipinski definition) is 9. The van der Waals surface area contributed by atoms with Crippen LogP contribution in [-0.2, 0) is 14.2 Å². The molecule has 1 N–H and O–H groups in total. The molecular weight excluding hydrogens is 522 g/mol. The monoisotopic (exact) mass is 551 g/mol. The maximum absolute atomic E-state index is 13.2. The third kappa shape index (κ3) is 5.36. The number of aromatic nitrogens is 4. The molecule has 2 fully saturated rings. The Bertz CT molecular complexity index is 1640. The van der Waals surface area contributed by atoms with E-state index in [0.29, 0.717) is 34.2 Å². The van der Waals surface area contributed by atoms with Crippen LogP contribution in [0.4, 0.5) is 5.82 Å². The fraction of sp³-hybridized carbons (Fsp3) is 0.323. The molecule has 1 aliphatic heterocycles. The quantitative estimate of drug-likeness (QED) is 0.251. The van der Waals surface area contributed by atoms with Crippen molar-refractivity contribution in [1.82, 2.24) is 19.5 Å². The Balaban J connectivity index is 1.29. The second-order valence-electron chi connectivity index (χ2n) is 10.5. The fourth-order valence-electron chi connectivity index (χ4n) is 4.77. The Hall–Kier alpha value is -4.75. The summed E-state index contributed by atoms with van der Waals surface area (Å²) < 4.78 is 19.7. The van der Waals surface area contributed by atoms with E-state index in [0.717, 1.165) is 24.0 Å². The number of imidazole rings is 1. The van der Waals surface area contributed by atoms with Crippen LogP contribution in [0.2, 0.25) is 0 Å². The molecule has 2 aromatic heterocycles. The molecule has 1 aliphatic carbocycles. The maximum Gasteiger partial charge on any atom is 0.338 e. The van der Waals surface area contributed by atoms with Gasteiger partial charge in [0.2, 0.25) is 5.60 Å². The van der Waals surface area contributed by atoms with Crippen molar-refractivity contribution in [3.8, 4) is 12.3 Å². The predicted molar refractivity (Wildman–Crippen MR) is 150 cm³/mol. The van der Waals surface area contributed by atoms with Crippen LogP contribution in [0.25, 0.3) is 11.2 Å². The van der Waals surface area contributed by atoms with Crippen molar-refractivity contribution in [3.05, 3.63) is 83.4 Å². The van der Waals surface area contributed by atoms with E-state index >= 15 is 0 Å². The zero-order valence-electron chi connectivity index (χ0n) is 22.7. The number of anilines is 1. The molecule has 41 heavy (non-hydrogen) atoms. The van der Waals surface area contributed by atoms with Gasteiger partial charge >= 0.3 is 11.9 Å². The van der Waals surface area contributed by atoms with Crippen molar-refractivity contribution in [1.29, 1.82) is 0 Å². The van der Waals surface area contributed by atoms with Crippen molar-refractivity contribution in [2.45, 2.75) is 57.1 Å².